The molecule has 0 unspecified atom stereocenters. The van der Waals surface area contributed by atoms with E-state index >= 15 is 0 Å². The van der Waals surface area contributed by atoms with Gasteiger partial charge in [-0.1, -0.05) is 13.8 Å². The molecule has 0 aromatic carbocycles. The molecule has 0 atom stereocenters. The van der Waals surface area contributed by atoms with E-state index in [0.717, 1.165) is 64.3 Å². The zero-order chi connectivity index (χ0) is 15.1. The number of anilines is 1. The molecule has 1 aliphatic rings. The van der Waals surface area contributed by atoms with Crippen LogP contribution in [-0.4, -0.2) is 41.9 Å². The molecular formula is C16H30N4O. The number of piperidine rings is 1. The molecule has 2 heterocycles. The van der Waals surface area contributed by atoms with Crippen molar-refractivity contribution >= 4 is 5.95 Å². The standard InChI is InChI=1S/C16H30N4O/c1-3-9-20-13-14(4-2)18-16(20)19-10-6-15(7-11-19)21-12-5-8-17/h13,15H,3-12,17H2,1-2H3. The van der Waals surface area contributed by atoms with Crippen LogP contribution in [0.25, 0.3) is 0 Å². The fourth-order valence-corrected chi connectivity index (χ4v) is 2.84. The summed E-state index contributed by atoms with van der Waals surface area (Å²) in [4.78, 5) is 7.22. The number of ether oxygens (including phenoxy) is 1. The van der Waals surface area contributed by atoms with E-state index in [-0.39, 0.29) is 0 Å². The maximum Gasteiger partial charge on any atom is 0.205 e. The molecule has 0 spiro atoms. The number of nitrogens with two attached hydrogens (primary N) is 1. The van der Waals surface area contributed by atoms with Crippen LogP contribution in [0.1, 0.15) is 45.2 Å². The van der Waals surface area contributed by atoms with Crippen LogP contribution in [0, 0.1) is 0 Å². The van der Waals surface area contributed by atoms with Gasteiger partial charge in [0.15, 0.2) is 0 Å². The molecule has 2 rings (SSSR count). The van der Waals surface area contributed by atoms with Crippen molar-refractivity contribution in [2.75, 3.05) is 31.1 Å². The highest BCUT2D eigenvalue weighted by Gasteiger charge is 2.23. The van der Waals surface area contributed by atoms with E-state index in [1.807, 2.05) is 0 Å². The summed E-state index contributed by atoms with van der Waals surface area (Å²) in [6, 6.07) is 0. The summed E-state index contributed by atoms with van der Waals surface area (Å²) in [5, 5.41) is 0. The van der Waals surface area contributed by atoms with Crippen molar-refractivity contribution in [2.45, 2.75) is 58.6 Å². The smallest absolute Gasteiger partial charge is 0.205 e. The topological polar surface area (TPSA) is 56.3 Å². The highest BCUT2D eigenvalue weighted by Crippen LogP contribution is 2.22. The van der Waals surface area contributed by atoms with E-state index in [2.05, 4.69) is 29.5 Å². The van der Waals surface area contributed by atoms with Gasteiger partial charge in [0.05, 0.1) is 11.8 Å². The molecule has 0 saturated carbocycles. The van der Waals surface area contributed by atoms with Crippen LogP contribution < -0.4 is 10.6 Å². The Balaban J connectivity index is 1.90. The predicted octanol–water partition coefficient (Wildman–Crippen LogP) is 2.19. The summed E-state index contributed by atoms with van der Waals surface area (Å²) in [5.41, 5.74) is 6.70. The molecule has 5 nitrogen and oxygen atoms in total. The van der Waals surface area contributed by atoms with Crippen molar-refractivity contribution < 1.29 is 4.74 Å². The second-order valence-electron chi connectivity index (χ2n) is 5.78. The predicted molar refractivity (Wildman–Crippen MR) is 86.8 cm³/mol. The largest absolute Gasteiger partial charge is 0.378 e. The molecule has 120 valence electrons. The van der Waals surface area contributed by atoms with Crippen LogP contribution in [0.3, 0.4) is 0 Å². The van der Waals surface area contributed by atoms with Gasteiger partial charge in [0.25, 0.3) is 0 Å². The van der Waals surface area contributed by atoms with Gasteiger partial charge in [-0.25, -0.2) is 4.98 Å². The van der Waals surface area contributed by atoms with E-state index in [1.54, 1.807) is 0 Å². The normalized spacial score (nSPS) is 16.6. The lowest BCUT2D eigenvalue weighted by molar-refractivity contribution is 0.0364. The number of rotatable bonds is 8. The molecule has 0 bridgehead atoms. The zero-order valence-corrected chi connectivity index (χ0v) is 13.6. The van der Waals surface area contributed by atoms with Crippen molar-refractivity contribution in [2.24, 2.45) is 5.73 Å². The summed E-state index contributed by atoms with van der Waals surface area (Å²) in [6.07, 6.45) is 7.89. The van der Waals surface area contributed by atoms with Crippen molar-refractivity contribution in [3.05, 3.63) is 11.9 Å². The monoisotopic (exact) mass is 294 g/mol. The highest BCUT2D eigenvalue weighted by molar-refractivity contribution is 5.34. The second-order valence-corrected chi connectivity index (χ2v) is 5.78. The first-order valence-corrected chi connectivity index (χ1v) is 8.41. The van der Waals surface area contributed by atoms with Crippen LogP contribution in [0.4, 0.5) is 5.95 Å². The molecular weight excluding hydrogens is 264 g/mol. The van der Waals surface area contributed by atoms with Crippen LogP contribution in [0.5, 0.6) is 0 Å². The Kier molecular flexibility index (Phi) is 6.51. The van der Waals surface area contributed by atoms with E-state index in [9.17, 15) is 0 Å². The lowest BCUT2D eigenvalue weighted by Gasteiger charge is -2.33. The maximum atomic E-state index is 5.88. The molecule has 1 fully saturated rings. The molecule has 1 aromatic heterocycles. The number of aromatic nitrogens is 2. The number of nitrogens with zero attached hydrogens (tertiary/aromatic N) is 3. The van der Waals surface area contributed by atoms with Gasteiger partial charge in [0.2, 0.25) is 5.95 Å². The SMILES string of the molecule is CCCn1cc(CC)nc1N1CCC(OCCCN)CC1. The van der Waals surface area contributed by atoms with E-state index in [1.165, 1.54) is 5.69 Å². The molecule has 0 amide bonds. The minimum atomic E-state index is 0.396. The Bertz CT molecular complexity index is 410. The molecule has 21 heavy (non-hydrogen) atoms. The van der Waals surface area contributed by atoms with Gasteiger partial charge in [-0.3, -0.25) is 0 Å². The first-order valence-electron chi connectivity index (χ1n) is 8.41. The Morgan fingerprint density at radius 3 is 2.71 bits per heavy atom. The summed E-state index contributed by atoms with van der Waals surface area (Å²) in [7, 11) is 0. The Hall–Kier alpha value is -1.07. The van der Waals surface area contributed by atoms with E-state index < -0.39 is 0 Å². The zero-order valence-electron chi connectivity index (χ0n) is 13.6. The van der Waals surface area contributed by atoms with E-state index in [4.69, 9.17) is 15.5 Å². The Labute approximate surface area is 128 Å². The van der Waals surface area contributed by atoms with Gasteiger partial charge in [-0.2, -0.15) is 0 Å². The molecule has 2 N–H and O–H groups in total. The fourth-order valence-electron chi connectivity index (χ4n) is 2.84. The van der Waals surface area contributed by atoms with Crippen LogP contribution in [0.15, 0.2) is 6.20 Å². The minimum Gasteiger partial charge on any atom is -0.378 e. The lowest BCUT2D eigenvalue weighted by atomic mass is 10.1. The van der Waals surface area contributed by atoms with Crippen molar-refractivity contribution in [3.63, 3.8) is 0 Å². The van der Waals surface area contributed by atoms with Gasteiger partial charge in [-0.15, -0.1) is 0 Å². The first-order chi connectivity index (χ1) is 10.3. The molecule has 1 saturated heterocycles. The van der Waals surface area contributed by atoms with Gasteiger partial charge in [0, 0.05) is 32.4 Å². The number of imidazole rings is 1. The summed E-state index contributed by atoms with van der Waals surface area (Å²) in [5.74, 6) is 1.15. The first kappa shape index (κ1) is 16.3. The maximum absolute atomic E-state index is 5.88. The second kappa shape index (κ2) is 8.39. The fraction of sp³-hybridized carbons (Fsp3) is 0.812. The average Bonchev–Trinajstić information content (AvgIpc) is 2.92. The molecule has 0 radical (unpaired) electrons. The molecule has 5 heteroatoms. The van der Waals surface area contributed by atoms with Crippen LogP contribution >= 0.6 is 0 Å². The lowest BCUT2D eigenvalue weighted by Crippen LogP contribution is -2.38. The summed E-state index contributed by atoms with van der Waals surface area (Å²) < 4.78 is 8.19. The number of aryl methyl sites for hydroxylation is 2. The molecule has 1 aliphatic heterocycles. The third-order valence-corrected chi connectivity index (χ3v) is 4.06. The molecule has 0 aliphatic carbocycles. The van der Waals surface area contributed by atoms with Gasteiger partial charge in [-0.05, 0) is 38.6 Å². The quantitative estimate of drug-likeness (QED) is 0.747. The third kappa shape index (κ3) is 4.45. The summed E-state index contributed by atoms with van der Waals surface area (Å²) in [6.45, 7) is 9.02. The average molecular weight is 294 g/mol. The number of hydrogen-bond donors (Lipinski definition) is 1. The van der Waals surface area contributed by atoms with E-state index in [0.29, 0.717) is 12.6 Å². The number of hydrogen-bond acceptors (Lipinski definition) is 4. The van der Waals surface area contributed by atoms with Gasteiger partial charge >= 0.3 is 0 Å². The van der Waals surface area contributed by atoms with Crippen molar-refractivity contribution in [1.29, 1.82) is 0 Å². The van der Waals surface area contributed by atoms with Gasteiger partial charge < -0.3 is 19.9 Å². The van der Waals surface area contributed by atoms with Gasteiger partial charge in [0.1, 0.15) is 0 Å². The molecule has 1 aromatic rings. The van der Waals surface area contributed by atoms with Crippen molar-refractivity contribution in [3.8, 4) is 0 Å². The highest BCUT2D eigenvalue weighted by atomic mass is 16.5. The van der Waals surface area contributed by atoms with Crippen LogP contribution in [0.2, 0.25) is 0 Å². The summed E-state index contributed by atoms with van der Waals surface area (Å²) >= 11 is 0. The van der Waals surface area contributed by atoms with Crippen molar-refractivity contribution in [1.82, 2.24) is 9.55 Å². The Morgan fingerprint density at radius 1 is 1.33 bits per heavy atom. The third-order valence-electron chi connectivity index (χ3n) is 4.06. The van der Waals surface area contributed by atoms with Crippen LogP contribution in [-0.2, 0) is 17.7 Å². The Morgan fingerprint density at radius 2 is 2.10 bits per heavy atom. The minimum absolute atomic E-state index is 0.396.